The van der Waals surface area contributed by atoms with Crippen molar-refractivity contribution in [2.24, 2.45) is 0 Å². The van der Waals surface area contributed by atoms with E-state index < -0.39 is 12.5 Å². The molecule has 0 saturated heterocycles. The standard InChI is InChI=1S/C21H16FN3O2.C19H14FN3/c22-17-6-4-14(5-7-17)15-8-9-25-19(12-23-20(25)11-15)16-2-1-3-18(10-16)24-21(27)13-26;20-16-6-4-13(5-7-16)14-8-9-23-18(12-22-19(23)11-14)15-2-1-3-17(21)10-15/h1-12,26H,13H2,(H,24,27);1-12H,21H2. The number of pyridine rings is 2. The van der Waals surface area contributed by atoms with Crippen LogP contribution in [-0.2, 0) is 4.79 Å². The molecule has 4 aromatic heterocycles. The number of nitrogen functional groups attached to an aromatic ring is 1. The number of carbonyl (C=O) groups is 1. The molecular formula is C40H30F2N6O2. The summed E-state index contributed by atoms with van der Waals surface area (Å²) in [5, 5.41) is 11.5. The molecule has 0 radical (unpaired) electrons. The Morgan fingerprint density at radius 3 is 1.62 bits per heavy atom. The van der Waals surface area contributed by atoms with Gasteiger partial charge in [0.05, 0.1) is 23.8 Å². The predicted octanol–water partition coefficient (Wildman–Crippen LogP) is 8.13. The summed E-state index contributed by atoms with van der Waals surface area (Å²) >= 11 is 0. The Bertz CT molecular complexity index is 2450. The van der Waals surface area contributed by atoms with E-state index in [-0.39, 0.29) is 11.6 Å². The van der Waals surface area contributed by atoms with E-state index in [1.165, 1.54) is 24.3 Å². The first-order valence-corrected chi connectivity index (χ1v) is 15.7. The summed E-state index contributed by atoms with van der Waals surface area (Å²) in [5.74, 6) is -0.968. The van der Waals surface area contributed by atoms with E-state index in [0.29, 0.717) is 5.69 Å². The first-order chi connectivity index (χ1) is 24.3. The lowest BCUT2D eigenvalue weighted by Gasteiger charge is -2.07. The molecule has 0 spiro atoms. The van der Waals surface area contributed by atoms with Crippen molar-refractivity contribution >= 4 is 28.6 Å². The van der Waals surface area contributed by atoms with Gasteiger partial charge in [0.1, 0.15) is 29.5 Å². The lowest BCUT2D eigenvalue weighted by Crippen LogP contribution is -2.15. The fraction of sp³-hybridized carbons (Fsp3) is 0.0250. The van der Waals surface area contributed by atoms with Crippen LogP contribution >= 0.6 is 0 Å². The number of hydrogen-bond donors (Lipinski definition) is 3. The molecule has 0 aliphatic rings. The Morgan fingerprint density at radius 1 is 0.620 bits per heavy atom. The fourth-order valence-corrected chi connectivity index (χ4v) is 5.69. The van der Waals surface area contributed by atoms with Gasteiger partial charge < -0.3 is 16.2 Å². The number of aliphatic hydroxyl groups excluding tert-OH is 1. The third-order valence-electron chi connectivity index (χ3n) is 8.15. The number of rotatable bonds is 6. The number of anilines is 2. The van der Waals surface area contributed by atoms with Crippen molar-refractivity contribution in [2.45, 2.75) is 0 Å². The van der Waals surface area contributed by atoms with Crippen LogP contribution in [0, 0.1) is 11.6 Å². The van der Waals surface area contributed by atoms with Crippen LogP contribution in [0.15, 0.2) is 146 Å². The topological polar surface area (TPSA) is 110 Å². The molecule has 4 aromatic carbocycles. The monoisotopic (exact) mass is 664 g/mol. The van der Waals surface area contributed by atoms with Gasteiger partial charge in [-0.3, -0.25) is 13.6 Å². The van der Waals surface area contributed by atoms with Crippen molar-refractivity contribution in [3.8, 4) is 44.8 Å². The normalized spacial score (nSPS) is 10.9. The molecule has 4 heterocycles. The number of aliphatic hydroxyl groups is 1. The van der Waals surface area contributed by atoms with E-state index in [9.17, 15) is 13.6 Å². The number of benzene rings is 4. The number of hydrogen-bond acceptors (Lipinski definition) is 5. The summed E-state index contributed by atoms with van der Waals surface area (Å²) in [6.45, 7) is -0.563. The highest BCUT2D eigenvalue weighted by Crippen LogP contribution is 2.28. The average Bonchev–Trinajstić information content (AvgIpc) is 3.77. The molecule has 0 saturated carbocycles. The minimum absolute atomic E-state index is 0.236. The molecule has 8 nitrogen and oxygen atoms in total. The Morgan fingerprint density at radius 2 is 1.12 bits per heavy atom. The molecule has 4 N–H and O–H groups in total. The van der Waals surface area contributed by atoms with Gasteiger partial charge in [-0.05, 0) is 95.1 Å². The predicted molar refractivity (Wildman–Crippen MR) is 192 cm³/mol. The summed E-state index contributed by atoms with van der Waals surface area (Å²) in [7, 11) is 0. The molecule has 1 amide bonds. The molecule has 246 valence electrons. The van der Waals surface area contributed by atoms with Crippen molar-refractivity contribution in [3.63, 3.8) is 0 Å². The molecule has 10 heteroatoms. The number of nitrogens with zero attached hydrogens (tertiary/aromatic N) is 4. The minimum Gasteiger partial charge on any atom is -0.399 e. The van der Waals surface area contributed by atoms with Gasteiger partial charge in [-0.25, -0.2) is 18.7 Å². The van der Waals surface area contributed by atoms with Crippen LogP contribution < -0.4 is 11.1 Å². The number of aromatic nitrogens is 4. The molecule has 8 aromatic rings. The zero-order valence-electron chi connectivity index (χ0n) is 26.5. The van der Waals surface area contributed by atoms with E-state index in [1.54, 1.807) is 36.5 Å². The van der Waals surface area contributed by atoms with E-state index in [0.717, 1.165) is 61.8 Å². The Hall–Kier alpha value is -6.65. The number of nitrogens with two attached hydrogens (primary N) is 1. The van der Waals surface area contributed by atoms with Gasteiger partial charge in [-0.15, -0.1) is 0 Å². The number of imidazole rings is 2. The smallest absolute Gasteiger partial charge is 0.250 e. The minimum atomic E-state index is -0.563. The molecule has 50 heavy (non-hydrogen) atoms. The van der Waals surface area contributed by atoms with Gasteiger partial charge in [-0.1, -0.05) is 48.5 Å². The fourth-order valence-electron chi connectivity index (χ4n) is 5.69. The molecule has 0 atom stereocenters. The molecular weight excluding hydrogens is 634 g/mol. The van der Waals surface area contributed by atoms with Crippen molar-refractivity contribution in [1.82, 2.24) is 18.8 Å². The Kier molecular flexibility index (Phi) is 8.83. The van der Waals surface area contributed by atoms with Gasteiger partial charge in [0.2, 0.25) is 5.91 Å². The van der Waals surface area contributed by atoms with E-state index in [1.807, 2.05) is 94.1 Å². The van der Waals surface area contributed by atoms with Crippen LogP contribution in [0.3, 0.4) is 0 Å². The van der Waals surface area contributed by atoms with Crippen LogP contribution in [0.5, 0.6) is 0 Å². The van der Waals surface area contributed by atoms with E-state index in [4.69, 9.17) is 10.8 Å². The number of carbonyl (C=O) groups excluding carboxylic acids is 1. The highest BCUT2D eigenvalue weighted by molar-refractivity contribution is 5.92. The lowest BCUT2D eigenvalue weighted by atomic mass is 10.1. The lowest BCUT2D eigenvalue weighted by molar-refractivity contribution is -0.118. The zero-order chi connectivity index (χ0) is 34.6. The maximum atomic E-state index is 13.1. The summed E-state index contributed by atoms with van der Waals surface area (Å²) in [6.07, 6.45) is 7.48. The molecule has 0 unspecified atom stereocenters. The SMILES string of the molecule is Nc1cccc(-c2cnc3cc(-c4ccc(F)cc4)ccn23)c1.O=C(CO)Nc1cccc(-c2cnc3cc(-c4ccc(F)cc4)ccn23)c1. The van der Waals surface area contributed by atoms with Gasteiger partial charge in [0.25, 0.3) is 0 Å². The van der Waals surface area contributed by atoms with Crippen molar-refractivity contribution < 1.29 is 18.7 Å². The maximum Gasteiger partial charge on any atom is 0.250 e. The highest BCUT2D eigenvalue weighted by atomic mass is 19.1. The molecule has 0 fully saturated rings. The molecule has 0 aliphatic carbocycles. The second-order valence-corrected chi connectivity index (χ2v) is 11.5. The second kappa shape index (κ2) is 13.8. The molecule has 8 rings (SSSR count). The van der Waals surface area contributed by atoms with Crippen LogP contribution in [0.25, 0.3) is 56.1 Å². The van der Waals surface area contributed by atoms with Crippen LogP contribution in [0.4, 0.5) is 20.2 Å². The number of amides is 1. The highest BCUT2D eigenvalue weighted by Gasteiger charge is 2.10. The summed E-state index contributed by atoms with van der Waals surface area (Å²) in [4.78, 5) is 20.3. The van der Waals surface area contributed by atoms with Gasteiger partial charge in [-0.2, -0.15) is 0 Å². The van der Waals surface area contributed by atoms with Gasteiger partial charge in [0.15, 0.2) is 0 Å². The van der Waals surface area contributed by atoms with Crippen LogP contribution in [-0.4, -0.2) is 36.4 Å². The van der Waals surface area contributed by atoms with Gasteiger partial charge in [0, 0.05) is 34.9 Å². The van der Waals surface area contributed by atoms with Crippen molar-refractivity contribution in [3.05, 3.63) is 158 Å². The van der Waals surface area contributed by atoms with Crippen LogP contribution in [0.1, 0.15) is 0 Å². The Balaban J connectivity index is 0.000000159. The zero-order valence-corrected chi connectivity index (χ0v) is 26.5. The number of nitrogens with one attached hydrogen (secondary N) is 1. The number of halogens is 2. The third-order valence-corrected chi connectivity index (χ3v) is 8.15. The molecule has 0 aliphatic heterocycles. The van der Waals surface area contributed by atoms with Crippen molar-refractivity contribution in [2.75, 3.05) is 17.7 Å². The average molecular weight is 665 g/mol. The van der Waals surface area contributed by atoms with Crippen LogP contribution in [0.2, 0.25) is 0 Å². The van der Waals surface area contributed by atoms with Crippen molar-refractivity contribution in [1.29, 1.82) is 0 Å². The molecule has 0 bridgehead atoms. The third kappa shape index (κ3) is 6.82. The quantitative estimate of drug-likeness (QED) is 0.156. The second-order valence-electron chi connectivity index (χ2n) is 11.5. The maximum absolute atomic E-state index is 13.1. The summed E-state index contributed by atoms with van der Waals surface area (Å²) < 4.78 is 30.1. The summed E-state index contributed by atoms with van der Waals surface area (Å²) in [6, 6.07) is 35.7. The summed E-state index contributed by atoms with van der Waals surface area (Å²) in [5.41, 5.74) is 16.4. The Labute approximate surface area is 285 Å². The number of fused-ring (bicyclic) bond motifs is 2. The van der Waals surface area contributed by atoms with E-state index in [2.05, 4.69) is 15.3 Å². The van der Waals surface area contributed by atoms with Gasteiger partial charge >= 0.3 is 0 Å². The first-order valence-electron chi connectivity index (χ1n) is 15.7. The van der Waals surface area contributed by atoms with E-state index >= 15 is 0 Å². The largest absolute Gasteiger partial charge is 0.399 e. The first kappa shape index (κ1) is 31.9.